The Morgan fingerprint density at radius 1 is 0.323 bits per heavy atom. The lowest BCUT2D eigenvalue weighted by Gasteiger charge is -2.18. The molecule has 0 aliphatic heterocycles. The van der Waals surface area contributed by atoms with Crippen LogP contribution < -0.4 is 0 Å². The lowest BCUT2D eigenvalue weighted by Crippen LogP contribution is -2.30. The third-order valence-corrected chi connectivity index (χ3v) is 12.3. The van der Waals surface area contributed by atoms with E-state index in [0.717, 1.165) is 96.3 Å². The Labute approximate surface area is 403 Å². The second kappa shape index (κ2) is 54.0. The van der Waals surface area contributed by atoms with Crippen molar-refractivity contribution in [3.63, 3.8) is 0 Å². The van der Waals surface area contributed by atoms with Crippen LogP contribution in [0.3, 0.4) is 0 Å². The van der Waals surface area contributed by atoms with E-state index in [1.54, 1.807) is 0 Å². The Hall–Kier alpha value is -2.63. The number of hydrogen-bond acceptors (Lipinski definition) is 6. The number of ether oxygens (including phenoxy) is 3. The van der Waals surface area contributed by atoms with Gasteiger partial charge in [0.1, 0.15) is 13.2 Å². The number of esters is 3. The van der Waals surface area contributed by atoms with Gasteiger partial charge in [-0.2, -0.15) is 0 Å². The molecule has 1 atom stereocenters. The number of carbonyl (C=O) groups excluding carboxylic acids is 3. The van der Waals surface area contributed by atoms with E-state index < -0.39 is 6.10 Å². The molecule has 6 nitrogen and oxygen atoms in total. The summed E-state index contributed by atoms with van der Waals surface area (Å²) in [4.78, 5) is 38.0. The highest BCUT2D eigenvalue weighted by molar-refractivity contribution is 5.71. The average Bonchev–Trinajstić information content (AvgIpc) is 3.30. The molecule has 0 amide bonds. The van der Waals surface area contributed by atoms with Gasteiger partial charge in [-0.25, -0.2) is 0 Å². The SMILES string of the molecule is CC/C=C\C/C=C\C/C=C\CCCCCCCC(=O)OC(COC(=O)CCCCCCCCCCC)COC(=O)CCCCCCCCCCCCC/C=C\CCCCCCCCCC. The Bertz CT molecular complexity index is 1140. The molecule has 0 saturated heterocycles. The summed E-state index contributed by atoms with van der Waals surface area (Å²) in [6, 6.07) is 0. The molecule has 0 aromatic heterocycles. The van der Waals surface area contributed by atoms with Crippen molar-refractivity contribution < 1.29 is 28.6 Å². The molecule has 0 aliphatic carbocycles. The smallest absolute Gasteiger partial charge is 0.306 e. The Balaban J connectivity index is 4.22. The fourth-order valence-electron chi connectivity index (χ4n) is 8.10. The molecule has 0 radical (unpaired) electrons. The molecule has 0 N–H and O–H groups in total. The predicted molar refractivity (Wildman–Crippen MR) is 279 cm³/mol. The van der Waals surface area contributed by atoms with Crippen LogP contribution in [0.25, 0.3) is 0 Å². The summed E-state index contributed by atoms with van der Waals surface area (Å²) in [5.74, 6) is -0.888. The second-order valence-corrected chi connectivity index (χ2v) is 18.8. The van der Waals surface area contributed by atoms with Gasteiger partial charge in [-0.05, 0) is 77.0 Å². The molecular formula is C59H106O6. The van der Waals surface area contributed by atoms with Crippen molar-refractivity contribution in [2.24, 2.45) is 0 Å². The van der Waals surface area contributed by atoms with Crippen molar-refractivity contribution in [1.82, 2.24) is 0 Å². The van der Waals surface area contributed by atoms with E-state index in [2.05, 4.69) is 69.4 Å². The van der Waals surface area contributed by atoms with Crippen LogP contribution in [0, 0.1) is 0 Å². The first-order valence-electron chi connectivity index (χ1n) is 28.1. The lowest BCUT2D eigenvalue weighted by atomic mass is 10.0. The second-order valence-electron chi connectivity index (χ2n) is 18.8. The minimum Gasteiger partial charge on any atom is -0.462 e. The van der Waals surface area contributed by atoms with Crippen molar-refractivity contribution in [1.29, 1.82) is 0 Å². The molecule has 0 aliphatic rings. The number of rotatable bonds is 51. The number of unbranched alkanes of at least 4 members (excludes halogenated alkanes) is 32. The van der Waals surface area contributed by atoms with E-state index in [-0.39, 0.29) is 31.1 Å². The van der Waals surface area contributed by atoms with Gasteiger partial charge in [0, 0.05) is 19.3 Å². The van der Waals surface area contributed by atoms with Crippen LogP contribution in [0.1, 0.15) is 290 Å². The fraction of sp³-hybridized carbons (Fsp3) is 0.814. The Morgan fingerprint density at radius 2 is 0.600 bits per heavy atom. The van der Waals surface area contributed by atoms with Crippen molar-refractivity contribution in [2.45, 2.75) is 297 Å². The van der Waals surface area contributed by atoms with Crippen LogP contribution in [0.2, 0.25) is 0 Å². The molecule has 6 heteroatoms. The van der Waals surface area contributed by atoms with Gasteiger partial charge < -0.3 is 14.2 Å². The zero-order chi connectivity index (χ0) is 47.2. The summed E-state index contributed by atoms with van der Waals surface area (Å²) in [5.41, 5.74) is 0. The van der Waals surface area contributed by atoms with Crippen molar-refractivity contribution in [3.8, 4) is 0 Å². The summed E-state index contributed by atoms with van der Waals surface area (Å²) >= 11 is 0. The fourth-order valence-corrected chi connectivity index (χ4v) is 8.10. The number of allylic oxidation sites excluding steroid dienone is 8. The first-order chi connectivity index (χ1) is 32.0. The molecule has 0 spiro atoms. The summed E-state index contributed by atoms with van der Waals surface area (Å²) < 4.78 is 16.8. The van der Waals surface area contributed by atoms with E-state index in [1.807, 2.05) is 0 Å². The maximum Gasteiger partial charge on any atom is 0.306 e. The van der Waals surface area contributed by atoms with Gasteiger partial charge in [-0.1, -0.05) is 243 Å². The highest BCUT2D eigenvalue weighted by atomic mass is 16.6. The van der Waals surface area contributed by atoms with Crippen LogP contribution in [-0.4, -0.2) is 37.2 Å². The quantitative estimate of drug-likeness (QED) is 0.0262. The van der Waals surface area contributed by atoms with Gasteiger partial charge in [0.05, 0.1) is 0 Å². The monoisotopic (exact) mass is 911 g/mol. The van der Waals surface area contributed by atoms with Crippen LogP contribution in [0.4, 0.5) is 0 Å². The first-order valence-corrected chi connectivity index (χ1v) is 28.1. The molecule has 0 fully saturated rings. The average molecular weight is 911 g/mol. The van der Waals surface area contributed by atoms with Crippen LogP contribution >= 0.6 is 0 Å². The predicted octanol–water partition coefficient (Wildman–Crippen LogP) is 18.7. The van der Waals surface area contributed by atoms with Crippen molar-refractivity contribution in [2.75, 3.05) is 13.2 Å². The van der Waals surface area contributed by atoms with E-state index in [9.17, 15) is 14.4 Å². The highest BCUT2D eigenvalue weighted by Crippen LogP contribution is 2.16. The molecule has 0 heterocycles. The molecular weight excluding hydrogens is 805 g/mol. The molecule has 378 valence electrons. The standard InChI is InChI=1S/C59H106O6/c1-4-7-10-13-16-19-21-23-25-26-27-28-29-30-31-32-34-35-37-40-43-46-49-52-58(61)64-55-56(54-63-57(60)51-48-45-42-39-18-15-12-9-6-3)65-59(62)53-50-47-44-41-38-36-33-24-22-20-17-14-11-8-5-2/h8,11,17,20,24,26-27,33,56H,4-7,9-10,12-16,18-19,21-23,25,28-32,34-55H2,1-3H3/b11-8-,20-17-,27-26-,33-24-. The maximum absolute atomic E-state index is 12.8. The summed E-state index contributed by atoms with van der Waals surface area (Å²) in [6.07, 6.45) is 65.4. The van der Waals surface area contributed by atoms with Crippen molar-refractivity contribution in [3.05, 3.63) is 48.6 Å². The minimum atomic E-state index is -0.779. The van der Waals surface area contributed by atoms with Crippen LogP contribution in [-0.2, 0) is 28.6 Å². The minimum absolute atomic E-state index is 0.0781. The summed E-state index contributed by atoms with van der Waals surface area (Å²) in [5, 5.41) is 0. The highest BCUT2D eigenvalue weighted by Gasteiger charge is 2.19. The topological polar surface area (TPSA) is 78.9 Å². The normalized spacial score (nSPS) is 12.4. The molecule has 1 unspecified atom stereocenters. The van der Waals surface area contributed by atoms with E-state index >= 15 is 0 Å². The molecule has 0 saturated carbocycles. The molecule has 0 aromatic carbocycles. The molecule has 0 bridgehead atoms. The third-order valence-electron chi connectivity index (χ3n) is 12.3. The largest absolute Gasteiger partial charge is 0.462 e. The lowest BCUT2D eigenvalue weighted by molar-refractivity contribution is -0.167. The van der Waals surface area contributed by atoms with Crippen LogP contribution in [0.5, 0.6) is 0 Å². The number of carbonyl (C=O) groups is 3. The Morgan fingerprint density at radius 3 is 0.954 bits per heavy atom. The molecule has 0 aromatic rings. The van der Waals surface area contributed by atoms with Gasteiger partial charge in [0.25, 0.3) is 0 Å². The first kappa shape index (κ1) is 62.4. The third kappa shape index (κ3) is 52.2. The van der Waals surface area contributed by atoms with Gasteiger partial charge in [-0.3, -0.25) is 14.4 Å². The van der Waals surface area contributed by atoms with E-state index in [4.69, 9.17) is 14.2 Å². The van der Waals surface area contributed by atoms with E-state index in [0.29, 0.717) is 19.3 Å². The van der Waals surface area contributed by atoms with Crippen LogP contribution in [0.15, 0.2) is 48.6 Å². The number of hydrogen-bond donors (Lipinski definition) is 0. The summed E-state index contributed by atoms with van der Waals surface area (Å²) in [6.45, 7) is 6.52. The van der Waals surface area contributed by atoms with Gasteiger partial charge in [-0.15, -0.1) is 0 Å². The zero-order valence-electron chi connectivity index (χ0n) is 43.3. The summed E-state index contributed by atoms with van der Waals surface area (Å²) in [7, 11) is 0. The maximum atomic E-state index is 12.8. The molecule has 65 heavy (non-hydrogen) atoms. The van der Waals surface area contributed by atoms with E-state index in [1.165, 1.54) is 154 Å². The Kier molecular flexibility index (Phi) is 51.8. The zero-order valence-corrected chi connectivity index (χ0v) is 43.3. The van der Waals surface area contributed by atoms with Gasteiger partial charge in [0.15, 0.2) is 6.10 Å². The van der Waals surface area contributed by atoms with Gasteiger partial charge >= 0.3 is 17.9 Å². The molecule has 0 rings (SSSR count). The van der Waals surface area contributed by atoms with Gasteiger partial charge in [0.2, 0.25) is 0 Å². The van der Waals surface area contributed by atoms with Crippen molar-refractivity contribution >= 4 is 17.9 Å².